The number of fused-ring (bicyclic) bond motifs is 1. The molecule has 19 heavy (non-hydrogen) atoms. The Morgan fingerprint density at radius 3 is 2.74 bits per heavy atom. The molecule has 0 atom stereocenters. The molecule has 0 unspecified atom stereocenters. The molecular formula is C14H16N2O3. The highest BCUT2D eigenvalue weighted by atomic mass is 16.3. The van der Waals surface area contributed by atoms with Crippen molar-refractivity contribution in [3.63, 3.8) is 0 Å². The summed E-state index contributed by atoms with van der Waals surface area (Å²) >= 11 is 0. The average Bonchev–Trinajstić information content (AvgIpc) is 2.36. The van der Waals surface area contributed by atoms with Crippen molar-refractivity contribution in [1.82, 2.24) is 0 Å². The van der Waals surface area contributed by atoms with Crippen LogP contribution in [0.1, 0.15) is 35.7 Å². The van der Waals surface area contributed by atoms with E-state index in [9.17, 15) is 9.59 Å². The maximum atomic E-state index is 12.2. The molecule has 4 N–H and O–H groups in total. The van der Waals surface area contributed by atoms with E-state index in [4.69, 9.17) is 15.9 Å². The maximum absolute atomic E-state index is 12.2. The van der Waals surface area contributed by atoms with Crippen LogP contribution in [0.15, 0.2) is 27.4 Å². The van der Waals surface area contributed by atoms with Crippen LogP contribution in [0.2, 0.25) is 0 Å². The Labute approximate surface area is 110 Å². The van der Waals surface area contributed by atoms with E-state index in [2.05, 4.69) is 6.92 Å². The topological polar surface area (TPSA) is 99.3 Å². The van der Waals surface area contributed by atoms with Gasteiger partial charge in [0.2, 0.25) is 11.3 Å². The van der Waals surface area contributed by atoms with Crippen LogP contribution in [0.25, 0.3) is 11.0 Å². The Hall–Kier alpha value is -2.30. The molecular weight excluding hydrogens is 244 g/mol. The Bertz CT molecular complexity index is 689. The predicted octanol–water partition coefficient (Wildman–Crippen LogP) is 1.82. The smallest absolute Gasteiger partial charge is 0.258 e. The summed E-state index contributed by atoms with van der Waals surface area (Å²) in [6.07, 6.45) is 2.98. The molecule has 0 bridgehead atoms. The number of amides is 1. The number of primary amides is 1. The normalized spacial score (nSPS) is 10.8. The molecule has 5 heteroatoms. The summed E-state index contributed by atoms with van der Waals surface area (Å²) in [5.74, 6) is -1.10. The van der Waals surface area contributed by atoms with Crippen LogP contribution >= 0.6 is 0 Å². The minimum absolute atomic E-state index is 0.230. The largest absolute Gasteiger partial charge is 0.440 e. The van der Waals surface area contributed by atoms with Crippen molar-refractivity contribution in [2.75, 3.05) is 5.73 Å². The number of rotatable bonds is 4. The van der Waals surface area contributed by atoms with Crippen molar-refractivity contribution in [3.8, 4) is 0 Å². The first-order chi connectivity index (χ1) is 9.04. The SMILES string of the molecule is CCCCc1ccc2oc(N)c(C(N)=O)c(=O)c2c1. The maximum Gasteiger partial charge on any atom is 0.258 e. The van der Waals surface area contributed by atoms with Gasteiger partial charge in [0.15, 0.2) is 0 Å². The molecule has 1 heterocycles. The summed E-state index contributed by atoms with van der Waals surface area (Å²) in [5, 5.41) is 0.344. The Morgan fingerprint density at radius 2 is 2.11 bits per heavy atom. The molecule has 0 aliphatic heterocycles. The van der Waals surface area contributed by atoms with Crippen LogP contribution in [-0.2, 0) is 6.42 Å². The van der Waals surface area contributed by atoms with Gasteiger partial charge in [-0.2, -0.15) is 0 Å². The fraction of sp³-hybridized carbons (Fsp3) is 0.286. The third-order valence-corrected chi connectivity index (χ3v) is 3.05. The number of hydrogen-bond donors (Lipinski definition) is 2. The second kappa shape index (κ2) is 5.14. The van der Waals surface area contributed by atoms with Gasteiger partial charge in [0.05, 0.1) is 5.39 Å². The molecule has 0 radical (unpaired) electrons. The number of benzene rings is 1. The minimum atomic E-state index is -0.868. The molecule has 0 fully saturated rings. The van der Waals surface area contributed by atoms with Gasteiger partial charge in [-0.05, 0) is 30.5 Å². The van der Waals surface area contributed by atoms with Crippen LogP contribution in [0.4, 0.5) is 5.88 Å². The first kappa shape index (κ1) is 13.1. The van der Waals surface area contributed by atoms with E-state index < -0.39 is 11.3 Å². The van der Waals surface area contributed by atoms with Gasteiger partial charge < -0.3 is 15.9 Å². The van der Waals surface area contributed by atoms with E-state index >= 15 is 0 Å². The molecule has 0 saturated carbocycles. The van der Waals surface area contributed by atoms with E-state index in [-0.39, 0.29) is 11.4 Å². The minimum Gasteiger partial charge on any atom is -0.440 e. The molecule has 0 aliphatic rings. The molecule has 100 valence electrons. The van der Waals surface area contributed by atoms with Gasteiger partial charge in [0, 0.05) is 0 Å². The summed E-state index contributed by atoms with van der Waals surface area (Å²) in [5.41, 5.74) is 11.3. The average molecular weight is 260 g/mol. The molecule has 2 aromatic rings. The number of anilines is 1. The lowest BCUT2D eigenvalue weighted by molar-refractivity contribution is 0.0999. The zero-order valence-electron chi connectivity index (χ0n) is 10.7. The Kier molecular flexibility index (Phi) is 3.55. The van der Waals surface area contributed by atoms with Gasteiger partial charge in [0.25, 0.3) is 5.91 Å². The van der Waals surface area contributed by atoms with Crippen molar-refractivity contribution in [2.24, 2.45) is 5.73 Å². The molecule has 0 aliphatic carbocycles. The number of carbonyl (C=O) groups excluding carboxylic acids is 1. The van der Waals surface area contributed by atoms with Crippen molar-refractivity contribution < 1.29 is 9.21 Å². The van der Waals surface area contributed by atoms with Crippen LogP contribution in [0, 0.1) is 0 Å². The highest BCUT2D eigenvalue weighted by Crippen LogP contribution is 2.19. The standard InChI is InChI=1S/C14H16N2O3/c1-2-3-4-8-5-6-10-9(7-8)12(17)11(13(15)18)14(16)19-10/h5-7H,2-4,16H2,1H3,(H2,15,18). The first-order valence-electron chi connectivity index (χ1n) is 6.19. The van der Waals surface area contributed by atoms with Crippen molar-refractivity contribution >= 4 is 22.8 Å². The number of aryl methyl sites for hydroxylation is 1. The van der Waals surface area contributed by atoms with E-state index in [1.54, 1.807) is 12.1 Å². The van der Waals surface area contributed by atoms with Gasteiger partial charge in [0.1, 0.15) is 11.1 Å². The molecule has 1 aromatic heterocycles. The highest BCUT2D eigenvalue weighted by Gasteiger charge is 2.16. The molecule has 1 aromatic carbocycles. The summed E-state index contributed by atoms with van der Waals surface area (Å²) < 4.78 is 5.27. The number of nitrogen functional groups attached to an aromatic ring is 1. The lowest BCUT2D eigenvalue weighted by atomic mass is 10.0. The van der Waals surface area contributed by atoms with Crippen LogP contribution in [0.3, 0.4) is 0 Å². The summed E-state index contributed by atoms with van der Waals surface area (Å²) in [6.45, 7) is 2.10. The van der Waals surface area contributed by atoms with E-state index in [1.165, 1.54) is 0 Å². The van der Waals surface area contributed by atoms with Gasteiger partial charge in [-0.1, -0.05) is 19.4 Å². The zero-order chi connectivity index (χ0) is 14.0. The summed E-state index contributed by atoms with van der Waals surface area (Å²) in [4.78, 5) is 23.4. The van der Waals surface area contributed by atoms with Crippen LogP contribution in [-0.4, -0.2) is 5.91 Å². The molecule has 2 rings (SSSR count). The van der Waals surface area contributed by atoms with Crippen LogP contribution < -0.4 is 16.9 Å². The van der Waals surface area contributed by atoms with E-state index in [1.807, 2.05) is 6.07 Å². The van der Waals surface area contributed by atoms with Crippen molar-refractivity contribution in [1.29, 1.82) is 0 Å². The number of carbonyl (C=O) groups is 1. The molecule has 0 saturated heterocycles. The number of nitrogens with two attached hydrogens (primary N) is 2. The fourth-order valence-electron chi connectivity index (χ4n) is 2.03. The lowest BCUT2D eigenvalue weighted by Crippen LogP contribution is -2.23. The first-order valence-corrected chi connectivity index (χ1v) is 6.19. The van der Waals surface area contributed by atoms with Crippen LogP contribution in [0.5, 0.6) is 0 Å². The quantitative estimate of drug-likeness (QED) is 0.875. The Morgan fingerprint density at radius 1 is 1.37 bits per heavy atom. The second-order valence-corrected chi connectivity index (χ2v) is 4.47. The van der Waals surface area contributed by atoms with E-state index in [0.29, 0.717) is 11.0 Å². The van der Waals surface area contributed by atoms with Gasteiger partial charge >= 0.3 is 0 Å². The second-order valence-electron chi connectivity index (χ2n) is 4.47. The molecule has 0 spiro atoms. The monoisotopic (exact) mass is 260 g/mol. The van der Waals surface area contributed by atoms with Crippen molar-refractivity contribution in [3.05, 3.63) is 39.5 Å². The van der Waals surface area contributed by atoms with Gasteiger partial charge in [-0.3, -0.25) is 9.59 Å². The summed E-state index contributed by atoms with van der Waals surface area (Å²) in [7, 11) is 0. The van der Waals surface area contributed by atoms with Gasteiger partial charge in [-0.25, -0.2) is 0 Å². The highest BCUT2D eigenvalue weighted by molar-refractivity contribution is 5.99. The van der Waals surface area contributed by atoms with Crippen molar-refractivity contribution in [2.45, 2.75) is 26.2 Å². The van der Waals surface area contributed by atoms with E-state index in [0.717, 1.165) is 24.8 Å². The fourth-order valence-corrected chi connectivity index (χ4v) is 2.03. The third-order valence-electron chi connectivity index (χ3n) is 3.05. The Balaban J connectivity index is 2.64. The predicted molar refractivity (Wildman–Crippen MR) is 74.0 cm³/mol. The number of hydrogen-bond acceptors (Lipinski definition) is 4. The lowest BCUT2D eigenvalue weighted by Gasteiger charge is -2.05. The number of unbranched alkanes of at least 4 members (excludes halogenated alkanes) is 1. The zero-order valence-corrected chi connectivity index (χ0v) is 10.7. The summed E-state index contributed by atoms with van der Waals surface area (Å²) in [6, 6.07) is 5.33. The molecule has 1 amide bonds. The third kappa shape index (κ3) is 2.45. The molecule has 5 nitrogen and oxygen atoms in total. The van der Waals surface area contributed by atoms with Gasteiger partial charge in [-0.15, -0.1) is 0 Å².